The van der Waals surface area contributed by atoms with Gasteiger partial charge in [0.15, 0.2) is 0 Å². The van der Waals surface area contributed by atoms with E-state index in [-0.39, 0.29) is 11.3 Å². The van der Waals surface area contributed by atoms with Gasteiger partial charge >= 0.3 is 0 Å². The second-order valence-corrected chi connectivity index (χ2v) is 6.85. The highest BCUT2D eigenvalue weighted by Crippen LogP contribution is 2.37. The van der Waals surface area contributed by atoms with Gasteiger partial charge in [-0.1, -0.05) is 30.3 Å². The number of hydrogen-bond donors (Lipinski definition) is 1. The molecule has 0 fully saturated rings. The van der Waals surface area contributed by atoms with Crippen LogP contribution in [0.15, 0.2) is 72.4 Å². The van der Waals surface area contributed by atoms with Gasteiger partial charge in [0.1, 0.15) is 28.8 Å². The summed E-state index contributed by atoms with van der Waals surface area (Å²) in [4.78, 5) is 27.3. The summed E-state index contributed by atoms with van der Waals surface area (Å²) < 4.78 is 38.9. The van der Waals surface area contributed by atoms with Gasteiger partial charge in [-0.25, -0.2) is 13.7 Å². The number of benzene rings is 3. The molecule has 0 bridgehead atoms. The Balaban J connectivity index is 1.87. The van der Waals surface area contributed by atoms with Gasteiger partial charge in [0.05, 0.1) is 31.2 Å². The zero-order chi connectivity index (χ0) is 22.8. The van der Waals surface area contributed by atoms with Crippen LogP contribution >= 0.6 is 0 Å². The van der Waals surface area contributed by atoms with E-state index in [1.807, 2.05) is 0 Å². The molecule has 6 nitrogen and oxygen atoms in total. The summed E-state index contributed by atoms with van der Waals surface area (Å²) in [6.07, 6.45) is 0. The number of anilines is 2. The first-order valence-electron chi connectivity index (χ1n) is 9.57. The predicted molar refractivity (Wildman–Crippen MR) is 115 cm³/mol. The van der Waals surface area contributed by atoms with Crippen LogP contribution in [0.2, 0.25) is 0 Å². The van der Waals surface area contributed by atoms with E-state index >= 15 is 0 Å². The zero-order valence-electron chi connectivity index (χ0n) is 17.2. The van der Waals surface area contributed by atoms with Crippen LogP contribution < -0.4 is 19.7 Å². The predicted octanol–water partition coefficient (Wildman–Crippen LogP) is 4.38. The molecule has 2 amide bonds. The maximum absolute atomic E-state index is 14.5. The molecule has 1 aliphatic rings. The molecule has 0 aromatic heterocycles. The Kier molecular flexibility index (Phi) is 5.59. The largest absolute Gasteiger partial charge is 0.497 e. The van der Waals surface area contributed by atoms with Crippen molar-refractivity contribution < 1.29 is 27.8 Å². The summed E-state index contributed by atoms with van der Waals surface area (Å²) in [6, 6.07) is 16.0. The molecule has 1 heterocycles. The van der Waals surface area contributed by atoms with Crippen LogP contribution in [0, 0.1) is 11.6 Å². The first-order chi connectivity index (χ1) is 15.4. The summed E-state index contributed by atoms with van der Waals surface area (Å²) in [5, 5.41) is 2.94. The Morgan fingerprint density at radius 3 is 2.28 bits per heavy atom. The minimum atomic E-state index is -0.902. The minimum absolute atomic E-state index is 0.0177. The third-order valence-electron chi connectivity index (χ3n) is 4.96. The van der Waals surface area contributed by atoms with E-state index in [9.17, 15) is 18.4 Å². The van der Waals surface area contributed by atoms with Gasteiger partial charge in [0, 0.05) is 12.1 Å². The van der Waals surface area contributed by atoms with Gasteiger partial charge in [-0.3, -0.25) is 9.59 Å². The van der Waals surface area contributed by atoms with Crippen LogP contribution in [0.1, 0.15) is 5.56 Å². The average molecular weight is 436 g/mol. The zero-order valence-corrected chi connectivity index (χ0v) is 17.2. The lowest BCUT2D eigenvalue weighted by Gasteiger charge is -2.17. The molecule has 3 aromatic rings. The second kappa shape index (κ2) is 8.50. The topological polar surface area (TPSA) is 67.9 Å². The van der Waals surface area contributed by atoms with E-state index in [4.69, 9.17) is 9.47 Å². The Morgan fingerprint density at radius 1 is 0.844 bits per heavy atom. The van der Waals surface area contributed by atoms with Crippen LogP contribution in [0.3, 0.4) is 0 Å². The van der Waals surface area contributed by atoms with Crippen LogP contribution in [0.5, 0.6) is 11.5 Å². The highest BCUT2D eigenvalue weighted by Gasteiger charge is 2.41. The van der Waals surface area contributed by atoms with Crippen LogP contribution in [0.4, 0.5) is 20.2 Å². The van der Waals surface area contributed by atoms with E-state index in [1.165, 1.54) is 14.2 Å². The minimum Gasteiger partial charge on any atom is -0.497 e. The lowest BCUT2D eigenvalue weighted by Crippen LogP contribution is -2.33. The Bertz CT molecular complexity index is 1240. The van der Waals surface area contributed by atoms with Crippen molar-refractivity contribution in [3.63, 3.8) is 0 Å². The molecule has 162 valence electrons. The number of amides is 2. The average Bonchev–Trinajstić information content (AvgIpc) is 3.05. The Hall–Kier alpha value is -4.20. The molecule has 0 saturated heterocycles. The SMILES string of the molecule is COc1ccc(OC)c(NC2=C(c3ccccc3)C(=O)N(c3cc(F)ccc3F)C2=O)c1. The fourth-order valence-corrected chi connectivity index (χ4v) is 3.44. The van der Waals surface area contributed by atoms with Gasteiger partial charge in [0.25, 0.3) is 11.8 Å². The van der Waals surface area contributed by atoms with Crippen molar-refractivity contribution in [3.05, 3.63) is 89.6 Å². The molecule has 32 heavy (non-hydrogen) atoms. The molecule has 1 N–H and O–H groups in total. The van der Waals surface area contributed by atoms with E-state index in [0.717, 1.165) is 18.2 Å². The Morgan fingerprint density at radius 2 is 1.59 bits per heavy atom. The van der Waals surface area contributed by atoms with Crippen LogP contribution in [-0.2, 0) is 9.59 Å². The number of imide groups is 1. The number of methoxy groups -OCH3 is 2. The summed E-state index contributed by atoms with van der Waals surface area (Å²) in [5.74, 6) is -2.42. The molecule has 8 heteroatoms. The smallest absolute Gasteiger partial charge is 0.282 e. The highest BCUT2D eigenvalue weighted by atomic mass is 19.1. The van der Waals surface area contributed by atoms with E-state index < -0.39 is 29.1 Å². The van der Waals surface area contributed by atoms with Crippen molar-refractivity contribution in [1.29, 1.82) is 0 Å². The summed E-state index contributed by atoms with van der Waals surface area (Å²) in [5.41, 5.74) is 0.246. The van der Waals surface area contributed by atoms with Crippen LogP contribution in [-0.4, -0.2) is 26.0 Å². The maximum atomic E-state index is 14.5. The fourth-order valence-electron chi connectivity index (χ4n) is 3.44. The molecule has 4 rings (SSSR count). The second-order valence-electron chi connectivity index (χ2n) is 6.85. The number of rotatable bonds is 6. The number of nitrogens with one attached hydrogen (secondary N) is 1. The number of nitrogens with zero attached hydrogens (tertiary/aromatic N) is 1. The molecule has 0 spiro atoms. The first-order valence-corrected chi connectivity index (χ1v) is 9.57. The molecule has 3 aromatic carbocycles. The molecule has 0 radical (unpaired) electrons. The molecule has 0 aliphatic carbocycles. The van der Waals surface area contributed by atoms with Crippen molar-refractivity contribution in [2.45, 2.75) is 0 Å². The van der Waals surface area contributed by atoms with Crippen LogP contribution in [0.25, 0.3) is 5.57 Å². The highest BCUT2D eigenvalue weighted by molar-refractivity contribution is 6.46. The maximum Gasteiger partial charge on any atom is 0.282 e. The quantitative estimate of drug-likeness (QED) is 0.581. The number of ether oxygens (including phenoxy) is 2. The van der Waals surface area contributed by atoms with Gasteiger partial charge in [0.2, 0.25) is 0 Å². The fraction of sp³-hybridized carbons (Fsp3) is 0.0833. The van der Waals surface area contributed by atoms with E-state index in [1.54, 1.807) is 48.5 Å². The van der Waals surface area contributed by atoms with Crippen molar-refractivity contribution in [1.82, 2.24) is 0 Å². The monoisotopic (exact) mass is 436 g/mol. The van der Waals surface area contributed by atoms with Crippen molar-refractivity contribution >= 4 is 28.8 Å². The molecule has 0 atom stereocenters. The standard InChI is InChI=1S/C24H18F2N2O4/c1-31-16-9-11-20(32-2)18(13-16)27-22-21(14-6-4-3-5-7-14)23(29)28(24(22)30)19-12-15(25)8-10-17(19)26/h3-13,27H,1-2H3. The number of carbonyl (C=O) groups is 2. The van der Waals surface area contributed by atoms with Gasteiger partial charge < -0.3 is 14.8 Å². The normalized spacial score (nSPS) is 13.6. The number of halogens is 2. The third kappa shape index (κ3) is 3.66. The molecule has 0 saturated carbocycles. The molecule has 1 aliphatic heterocycles. The summed E-state index contributed by atoms with van der Waals surface area (Å²) in [6.45, 7) is 0. The van der Waals surface area contributed by atoms with E-state index in [0.29, 0.717) is 27.6 Å². The molecule has 0 unspecified atom stereocenters. The number of hydrogen-bond acceptors (Lipinski definition) is 5. The summed E-state index contributed by atoms with van der Waals surface area (Å²) in [7, 11) is 2.94. The number of carbonyl (C=O) groups excluding carboxylic acids is 2. The third-order valence-corrected chi connectivity index (χ3v) is 4.96. The van der Waals surface area contributed by atoms with Gasteiger partial charge in [-0.2, -0.15) is 0 Å². The molecular weight excluding hydrogens is 418 g/mol. The lowest BCUT2D eigenvalue weighted by atomic mass is 10.0. The summed E-state index contributed by atoms with van der Waals surface area (Å²) >= 11 is 0. The first kappa shape index (κ1) is 21.0. The lowest BCUT2D eigenvalue weighted by molar-refractivity contribution is -0.120. The van der Waals surface area contributed by atoms with Crippen molar-refractivity contribution in [3.8, 4) is 11.5 Å². The van der Waals surface area contributed by atoms with Crippen molar-refractivity contribution in [2.75, 3.05) is 24.4 Å². The molecular formula is C24H18F2N2O4. The van der Waals surface area contributed by atoms with Gasteiger partial charge in [-0.15, -0.1) is 0 Å². The van der Waals surface area contributed by atoms with E-state index in [2.05, 4.69) is 5.32 Å². The van der Waals surface area contributed by atoms with Gasteiger partial charge in [-0.05, 0) is 29.8 Å². The van der Waals surface area contributed by atoms with Crippen molar-refractivity contribution in [2.24, 2.45) is 0 Å². The Labute approximate surface area is 182 Å².